The van der Waals surface area contributed by atoms with Gasteiger partial charge in [-0.15, -0.1) is 0 Å². The second-order valence-corrected chi connectivity index (χ2v) is 3.87. The summed E-state index contributed by atoms with van der Waals surface area (Å²) in [6.45, 7) is 0.696. The van der Waals surface area contributed by atoms with E-state index in [1.54, 1.807) is 0 Å². The number of carbonyl (C=O) groups is 3. The van der Waals surface area contributed by atoms with Gasteiger partial charge in [0.2, 0.25) is 0 Å². The van der Waals surface area contributed by atoms with Gasteiger partial charge in [0, 0.05) is 19.1 Å². The highest BCUT2D eigenvalue weighted by Gasteiger charge is 2.16. The normalized spacial score (nSPS) is 18.3. The maximum absolute atomic E-state index is 11.3. The van der Waals surface area contributed by atoms with Crippen LogP contribution in [-0.4, -0.2) is 56.0 Å². The molecule has 1 fully saturated rings. The lowest BCUT2D eigenvalue weighted by atomic mass is 10.1. The molecule has 1 aliphatic rings. The fourth-order valence-corrected chi connectivity index (χ4v) is 1.42. The highest BCUT2D eigenvalue weighted by atomic mass is 16.5. The molecule has 1 rings (SSSR count). The molecule has 1 aliphatic heterocycles. The molecule has 3 amide bonds. The molecule has 1 saturated heterocycles. The van der Waals surface area contributed by atoms with Crippen molar-refractivity contribution in [2.75, 3.05) is 33.0 Å². The molecular weight excluding hydrogens is 244 g/mol. The zero-order valence-electron chi connectivity index (χ0n) is 9.81. The van der Waals surface area contributed by atoms with Crippen LogP contribution in [0.25, 0.3) is 0 Å². The standard InChI is InChI=1S/C10H16N2O6/c13-8(5-18-6-9(14)15)12-10(16)11-3-7-1-2-17-4-7/h7H,1-6H2,(H,14,15)(H2,11,12,13,16). The molecule has 18 heavy (non-hydrogen) atoms. The topological polar surface area (TPSA) is 114 Å². The third-order valence-electron chi connectivity index (χ3n) is 2.29. The summed E-state index contributed by atoms with van der Waals surface area (Å²) < 4.78 is 9.66. The maximum Gasteiger partial charge on any atom is 0.329 e. The van der Waals surface area contributed by atoms with E-state index in [1.165, 1.54) is 0 Å². The zero-order chi connectivity index (χ0) is 13.4. The second-order valence-electron chi connectivity index (χ2n) is 3.87. The summed E-state index contributed by atoms with van der Waals surface area (Å²) in [5.74, 6) is -1.58. The summed E-state index contributed by atoms with van der Waals surface area (Å²) in [6.07, 6.45) is 0.885. The first kappa shape index (κ1) is 14.4. The van der Waals surface area contributed by atoms with Crippen LogP contribution in [0.4, 0.5) is 4.79 Å². The number of nitrogens with one attached hydrogen (secondary N) is 2. The van der Waals surface area contributed by atoms with Crippen molar-refractivity contribution in [3.8, 4) is 0 Å². The van der Waals surface area contributed by atoms with Gasteiger partial charge in [0.25, 0.3) is 5.91 Å². The molecule has 0 spiro atoms. The van der Waals surface area contributed by atoms with Gasteiger partial charge in [-0.1, -0.05) is 0 Å². The molecule has 1 heterocycles. The minimum atomic E-state index is -1.17. The Labute approximate surface area is 104 Å². The number of imide groups is 1. The van der Waals surface area contributed by atoms with Crippen LogP contribution in [0.15, 0.2) is 0 Å². The summed E-state index contributed by atoms with van der Waals surface area (Å²) in [5, 5.41) is 12.8. The molecule has 8 nitrogen and oxygen atoms in total. The number of ether oxygens (including phenoxy) is 2. The number of hydrogen-bond donors (Lipinski definition) is 3. The summed E-state index contributed by atoms with van der Waals surface area (Å²) in [4.78, 5) is 32.5. The van der Waals surface area contributed by atoms with Gasteiger partial charge < -0.3 is 19.9 Å². The smallest absolute Gasteiger partial charge is 0.329 e. The number of aliphatic carboxylic acids is 1. The largest absolute Gasteiger partial charge is 0.480 e. The van der Waals surface area contributed by atoms with Crippen LogP contribution in [0.3, 0.4) is 0 Å². The van der Waals surface area contributed by atoms with Gasteiger partial charge in [0.1, 0.15) is 13.2 Å². The van der Waals surface area contributed by atoms with Crippen molar-refractivity contribution >= 4 is 17.9 Å². The Kier molecular flexibility index (Phi) is 6.09. The highest BCUT2D eigenvalue weighted by Crippen LogP contribution is 2.10. The van der Waals surface area contributed by atoms with E-state index in [2.05, 4.69) is 10.1 Å². The Bertz CT molecular complexity index is 313. The Morgan fingerprint density at radius 2 is 2.11 bits per heavy atom. The van der Waals surface area contributed by atoms with Gasteiger partial charge in [-0.2, -0.15) is 0 Å². The molecule has 0 aliphatic carbocycles. The van der Waals surface area contributed by atoms with Crippen LogP contribution in [0.2, 0.25) is 0 Å². The van der Waals surface area contributed by atoms with Gasteiger partial charge in [-0.05, 0) is 6.42 Å². The minimum absolute atomic E-state index is 0.272. The zero-order valence-corrected chi connectivity index (χ0v) is 9.81. The average Bonchev–Trinajstić information content (AvgIpc) is 2.78. The van der Waals surface area contributed by atoms with Gasteiger partial charge in [-0.3, -0.25) is 10.1 Å². The molecular formula is C10H16N2O6. The van der Waals surface area contributed by atoms with Crippen molar-refractivity contribution in [3.05, 3.63) is 0 Å². The number of urea groups is 1. The third-order valence-corrected chi connectivity index (χ3v) is 2.29. The fourth-order valence-electron chi connectivity index (χ4n) is 1.42. The number of carbonyl (C=O) groups excluding carboxylic acids is 2. The summed E-state index contributed by atoms with van der Waals surface area (Å²) >= 11 is 0. The van der Waals surface area contributed by atoms with Gasteiger partial charge in [0.15, 0.2) is 0 Å². The molecule has 0 saturated carbocycles. The third kappa shape index (κ3) is 6.16. The monoisotopic (exact) mass is 260 g/mol. The molecule has 0 bridgehead atoms. The Balaban J connectivity index is 2.07. The van der Waals surface area contributed by atoms with E-state index in [4.69, 9.17) is 9.84 Å². The number of amides is 3. The van der Waals surface area contributed by atoms with E-state index < -0.39 is 31.1 Å². The van der Waals surface area contributed by atoms with Crippen molar-refractivity contribution in [2.24, 2.45) is 5.92 Å². The Morgan fingerprint density at radius 1 is 1.33 bits per heavy atom. The number of rotatable bonds is 6. The van der Waals surface area contributed by atoms with Crippen LogP contribution in [0.1, 0.15) is 6.42 Å². The molecule has 0 radical (unpaired) electrons. The van der Waals surface area contributed by atoms with Crippen molar-refractivity contribution in [2.45, 2.75) is 6.42 Å². The quantitative estimate of drug-likeness (QED) is 0.561. The molecule has 1 unspecified atom stereocenters. The van der Waals surface area contributed by atoms with Crippen LogP contribution >= 0.6 is 0 Å². The number of carboxylic acids is 1. The lowest BCUT2D eigenvalue weighted by Crippen LogP contribution is -2.43. The first-order valence-electron chi connectivity index (χ1n) is 5.53. The van der Waals surface area contributed by atoms with E-state index in [-0.39, 0.29) is 5.92 Å². The second kappa shape index (κ2) is 7.62. The van der Waals surface area contributed by atoms with E-state index in [1.807, 2.05) is 5.32 Å². The van der Waals surface area contributed by atoms with Crippen molar-refractivity contribution < 1.29 is 29.0 Å². The molecule has 0 aromatic carbocycles. The average molecular weight is 260 g/mol. The summed E-state index contributed by atoms with van der Waals surface area (Å²) in [7, 11) is 0. The lowest BCUT2D eigenvalue weighted by molar-refractivity contribution is -0.143. The fraction of sp³-hybridized carbons (Fsp3) is 0.700. The first-order chi connectivity index (χ1) is 8.58. The molecule has 8 heteroatoms. The Hall–Kier alpha value is -1.67. The lowest BCUT2D eigenvalue weighted by Gasteiger charge is -2.09. The Morgan fingerprint density at radius 3 is 2.72 bits per heavy atom. The predicted octanol–water partition coefficient (Wildman–Crippen LogP) is -1.05. The van der Waals surface area contributed by atoms with E-state index >= 15 is 0 Å². The van der Waals surface area contributed by atoms with Gasteiger partial charge in [-0.25, -0.2) is 9.59 Å². The predicted molar refractivity (Wildman–Crippen MR) is 58.9 cm³/mol. The van der Waals surface area contributed by atoms with Crippen molar-refractivity contribution in [1.82, 2.24) is 10.6 Å². The van der Waals surface area contributed by atoms with Crippen LogP contribution in [0.5, 0.6) is 0 Å². The van der Waals surface area contributed by atoms with Crippen LogP contribution in [-0.2, 0) is 19.1 Å². The van der Waals surface area contributed by atoms with E-state index in [0.29, 0.717) is 19.8 Å². The summed E-state index contributed by atoms with van der Waals surface area (Å²) in [6, 6.07) is -0.620. The highest BCUT2D eigenvalue weighted by molar-refractivity contribution is 5.94. The first-order valence-corrected chi connectivity index (χ1v) is 5.53. The molecule has 0 aromatic rings. The van der Waals surface area contributed by atoms with Gasteiger partial charge >= 0.3 is 12.0 Å². The summed E-state index contributed by atoms with van der Waals surface area (Å²) in [5.41, 5.74) is 0. The molecule has 3 N–H and O–H groups in total. The molecule has 1 atom stereocenters. The van der Waals surface area contributed by atoms with Crippen LogP contribution in [0, 0.1) is 5.92 Å². The number of hydrogen-bond acceptors (Lipinski definition) is 5. The van der Waals surface area contributed by atoms with E-state index in [0.717, 1.165) is 6.42 Å². The molecule has 0 aromatic heterocycles. The minimum Gasteiger partial charge on any atom is -0.480 e. The van der Waals surface area contributed by atoms with E-state index in [9.17, 15) is 14.4 Å². The molecule has 102 valence electrons. The van der Waals surface area contributed by atoms with Crippen molar-refractivity contribution in [3.63, 3.8) is 0 Å². The van der Waals surface area contributed by atoms with Crippen molar-refractivity contribution in [1.29, 1.82) is 0 Å². The SMILES string of the molecule is O=C(O)COCC(=O)NC(=O)NCC1CCOC1. The van der Waals surface area contributed by atoms with Crippen LogP contribution < -0.4 is 10.6 Å². The maximum atomic E-state index is 11.3. The van der Waals surface area contributed by atoms with Gasteiger partial charge in [0.05, 0.1) is 6.61 Å². The number of carboxylic acid groups (broad SMARTS) is 1.